The van der Waals surface area contributed by atoms with Crippen LogP contribution in [-0.2, 0) is 16.0 Å². The van der Waals surface area contributed by atoms with Gasteiger partial charge in [-0.25, -0.2) is 14.0 Å². The van der Waals surface area contributed by atoms with Gasteiger partial charge in [-0.05, 0) is 42.7 Å². The lowest BCUT2D eigenvalue weighted by Gasteiger charge is -2.19. The van der Waals surface area contributed by atoms with Gasteiger partial charge in [0, 0.05) is 49.9 Å². The molecule has 220 valence electrons. The lowest BCUT2D eigenvalue weighted by molar-refractivity contribution is 0.0553. The molecule has 0 radical (unpaired) electrons. The number of carboxylic acid groups (broad SMARTS) is 1. The lowest BCUT2D eigenvalue weighted by Crippen LogP contribution is -2.32. The van der Waals surface area contributed by atoms with Gasteiger partial charge in [-0.3, -0.25) is 9.97 Å². The molecule has 1 aliphatic rings. The Bertz CT molecular complexity index is 1550. The van der Waals surface area contributed by atoms with Crippen molar-refractivity contribution in [3.8, 4) is 22.1 Å². The van der Waals surface area contributed by atoms with Crippen LogP contribution >= 0.6 is 11.3 Å². The van der Waals surface area contributed by atoms with Gasteiger partial charge in [-0.2, -0.15) is 0 Å². The van der Waals surface area contributed by atoms with Gasteiger partial charge < -0.3 is 34.9 Å². The molecule has 42 heavy (non-hydrogen) atoms. The second kappa shape index (κ2) is 13.6. The van der Waals surface area contributed by atoms with Crippen LogP contribution in [0.15, 0.2) is 54.9 Å². The van der Waals surface area contributed by atoms with E-state index in [-0.39, 0.29) is 37.5 Å². The minimum Gasteiger partial charge on any atom is -0.465 e. The van der Waals surface area contributed by atoms with E-state index < -0.39 is 11.9 Å². The van der Waals surface area contributed by atoms with Crippen molar-refractivity contribution in [2.24, 2.45) is 0 Å². The van der Waals surface area contributed by atoms with Crippen molar-refractivity contribution >= 4 is 39.4 Å². The molecule has 0 aliphatic heterocycles. The Labute approximate surface area is 245 Å². The van der Waals surface area contributed by atoms with Crippen molar-refractivity contribution in [3.63, 3.8) is 0 Å². The standard InChI is InChI=1S/C29H30FN5O6S/c1-39-12-13-40-11-10-35(29(37)38)17-18-2-6-22(32-16-18)26-15-23-27(42-26)25(8-9-31-23)41-24-7-5-20(14-21(24)30)34-28(36)33-19-3-4-19/h2,5-9,14-16,19H,3-4,10-13,17H2,1H3,(H,37,38)(H2,33,34,36). The van der Waals surface area contributed by atoms with E-state index in [4.69, 9.17) is 14.2 Å². The highest BCUT2D eigenvalue weighted by Gasteiger charge is 2.23. The Morgan fingerprint density at radius 1 is 1.10 bits per heavy atom. The van der Waals surface area contributed by atoms with Gasteiger partial charge in [0.1, 0.15) is 5.75 Å². The Balaban J connectivity index is 1.25. The van der Waals surface area contributed by atoms with Crippen LogP contribution in [-0.4, -0.2) is 71.6 Å². The second-order valence-electron chi connectivity index (χ2n) is 9.62. The maximum absolute atomic E-state index is 14.9. The van der Waals surface area contributed by atoms with Crippen LogP contribution < -0.4 is 15.4 Å². The molecule has 3 amide bonds. The van der Waals surface area contributed by atoms with E-state index in [1.54, 1.807) is 31.6 Å². The van der Waals surface area contributed by atoms with E-state index in [1.807, 2.05) is 18.2 Å². The van der Waals surface area contributed by atoms with Crippen molar-refractivity contribution in [1.29, 1.82) is 0 Å². The highest BCUT2D eigenvalue weighted by Crippen LogP contribution is 2.39. The summed E-state index contributed by atoms with van der Waals surface area (Å²) >= 11 is 1.40. The molecule has 0 atom stereocenters. The fourth-order valence-electron chi connectivity index (χ4n) is 4.03. The molecular weight excluding hydrogens is 565 g/mol. The summed E-state index contributed by atoms with van der Waals surface area (Å²) in [5.74, 6) is -0.168. The van der Waals surface area contributed by atoms with Gasteiger partial charge in [0.05, 0.1) is 47.2 Å². The number of pyridine rings is 2. The predicted octanol–water partition coefficient (Wildman–Crippen LogP) is 5.72. The summed E-state index contributed by atoms with van der Waals surface area (Å²) < 4.78 is 31.8. The molecule has 4 aromatic rings. The van der Waals surface area contributed by atoms with Crippen molar-refractivity contribution < 1.29 is 33.3 Å². The number of methoxy groups -OCH3 is 1. The van der Waals surface area contributed by atoms with E-state index in [2.05, 4.69) is 20.6 Å². The number of hydrogen-bond donors (Lipinski definition) is 3. The van der Waals surface area contributed by atoms with E-state index in [0.717, 1.165) is 23.3 Å². The molecule has 0 spiro atoms. The van der Waals surface area contributed by atoms with Crippen molar-refractivity contribution in [1.82, 2.24) is 20.2 Å². The van der Waals surface area contributed by atoms with Crippen LogP contribution in [0, 0.1) is 5.82 Å². The third-order valence-corrected chi connectivity index (χ3v) is 7.52. The predicted molar refractivity (Wildman–Crippen MR) is 156 cm³/mol. The normalized spacial score (nSPS) is 12.7. The second-order valence-corrected chi connectivity index (χ2v) is 10.7. The summed E-state index contributed by atoms with van der Waals surface area (Å²) in [6.07, 6.45) is 4.10. The summed E-state index contributed by atoms with van der Waals surface area (Å²) in [5.41, 5.74) is 2.41. The van der Waals surface area contributed by atoms with E-state index in [9.17, 15) is 19.1 Å². The van der Waals surface area contributed by atoms with E-state index in [1.165, 1.54) is 28.4 Å². The number of halogens is 1. The van der Waals surface area contributed by atoms with Gasteiger partial charge in [0.2, 0.25) is 0 Å². The maximum atomic E-state index is 14.9. The van der Waals surface area contributed by atoms with Crippen molar-refractivity contribution in [3.05, 3.63) is 66.2 Å². The van der Waals surface area contributed by atoms with Crippen LogP contribution in [0.25, 0.3) is 20.8 Å². The zero-order valence-electron chi connectivity index (χ0n) is 22.8. The van der Waals surface area contributed by atoms with Gasteiger partial charge in [0.25, 0.3) is 0 Å². The van der Waals surface area contributed by atoms with Gasteiger partial charge in [-0.15, -0.1) is 11.3 Å². The van der Waals surface area contributed by atoms with Gasteiger partial charge >= 0.3 is 12.1 Å². The van der Waals surface area contributed by atoms with E-state index >= 15 is 0 Å². The molecule has 0 unspecified atom stereocenters. The number of carbonyl (C=O) groups excluding carboxylic acids is 1. The van der Waals surface area contributed by atoms with Crippen molar-refractivity contribution in [2.75, 3.05) is 38.8 Å². The number of ether oxygens (including phenoxy) is 3. The highest BCUT2D eigenvalue weighted by molar-refractivity contribution is 7.22. The molecule has 13 heteroatoms. The molecule has 1 aliphatic carbocycles. The molecule has 0 bridgehead atoms. The molecular formula is C29H30FN5O6S. The number of thiophene rings is 1. The fraction of sp³-hybridized carbons (Fsp3) is 0.310. The minimum absolute atomic E-state index is 0.0140. The number of nitrogens with one attached hydrogen (secondary N) is 2. The first kappa shape index (κ1) is 29.2. The topological polar surface area (TPSA) is 135 Å². The first-order valence-electron chi connectivity index (χ1n) is 13.3. The number of aromatic nitrogens is 2. The van der Waals surface area contributed by atoms with Crippen LogP contribution in [0.5, 0.6) is 11.5 Å². The minimum atomic E-state index is -1.04. The first-order valence-corrected chi connectivity index (χ1v) is 14.1. The van der Waals surface area contributed by atoms with Crippen LogP contribution in [0.3, 0.4) is 0 Å². The number of rotatable bonds is 13. The summed E-state index contributed by atoms with van der Waals surface area (Å²) in [7, 11) is 1.57. The smallest absolute Gasteiger partial charge is 0.407 e. The Morgan fingerprint density at radius 2 is 1.95 bits per heavy atom. The molecule has 0 saturated heterocycles. The maximum Gasteiger partial charge on any atom is 0.407 e. The molecule has 1 aromatic carbocycles. The third kappa shape index (κ3) is 7.69. The molecule has 5 rings (SSSR count). The number of anilines is 1. The Hall–Kier alpha value is -4.33. The summed E-state index contributed by atoms with van der Waals surface area (Å²) in [6.45, 7) is 1.51. The number of benzene rings is 1. The molecule has 3 N–H and O–H groups in total. The van der Waals surface area contributed by atoms with E-state index in [0.29, 0.717) is 40.6 Å². The Kier molecular flexibility index (Phi) is 9.41. The zero-order valence-corrected chi connectivity index (χ0v) is 23.7. The van der Waals surface area contributed by atoms with Gasteiger partial charge in [-0.1, -0.05) is 6.07 Å². The number of urea groups is 1. The molecule has 1 saturated carbocycles. The Morgan fingerprint density at radius 3 is 2.67 bits per heavy atom. The molecule has 3 aromatic heterocycles. The number of carbonyl (C=O) groups is 2. The number of amides is 3. The largest absolute Gasteiger partial charge is 0.465 e. The molecule has 11 nitrogen and oxygen atoms in total. The fourth-order valence-corrected chi connectivity index (χ4v) is 5.07. The monoisotopic (exact) mass is 595 g/mol. The third-order valence-electron chi connectivity index (χ3n) is 6.36. The molecule has 1 fully saturated rings. The molecule has 3 heterocycles. The number of fused-ring (bicyclic) bond motifs is 1. The number of hydrogen-bond acceptors (Lipinski definition) is 8. The first-order chi connectivity index (χ1) is 20.4. The summed E-state index contributed by atoms with van der Waals surface area (Å²) in [6, 6.07) is 11.3. The lowest BCUT2D eigenvalue weighted by atomic mass is 10.2. The summed E-state index contributed by atoms with van der Waals surface area (Å²) in [4.78, 5) is 34.6. The average Bonchev–Trinajstić information content (AvgIpc) is 3.67. The van der Waals surface area contributed by atoms with Crippen LogP contribution in [0.2, 0.25) is 0 Å². The highest BCUT2D eigenvalue weighted by atomic mass is 32.1. The quantitative estimate of drug-likeness (QED) is 0.167. The van der Waals surface area contributed by atoms with Crippen LogP contribution in [0.1, 0.15) is 18.4 Å². The number of nitrogens with zero attached hydrogens (tertiary/aromatic N) is 3. The average molecular weight is 596 g/mol. The van der Waals surface area contributed by atoms with Gasteiger partial charge in [0.15, 0.2) is 11.6 Å². The SMILES string of the molecule is COCCOCCN(Cc1ccc(-c2cc3nccc(Oc4ccc(NC(=O)NC5CC5)cc4F)c3s2)nc1)C(=O)O. The summed E-state index contributed by atoms with van der Waals surface area (Å²) in [5, 5.41) is 15.0. The zero-order chi connectivity index (χ0) is 29.5. The van der Waals surface area contributed by atoms with Crippen molar-refractivity contribution in [2.45, 2.75) is 25.4 Å². The van der Waals surface area contributed by atoms with Crippen LogP contribution in [0.4, 0.5) is 19.7 Å².